The molecule has 1 aromatic carbocycles. The second-order valence-corrected chi connectivity index (χ2v) is 6.94. The number of ether oxygens (including phenoxy) is 1. The van der Waals surface area contributed by atoms with Gasteiger partial charge in [-0.15, -0.1) is 0 Å². The largest absolute Gasteiger partial charge is 0.447 e. The van der Waals surface area contributed by atoms with Crippen LogP contribution in [0.1, 0.15) is 42.0 Å². The SMILES string of the molecule is CC(C)[C@@H](OC(=O)c1nn(-c2ccc(F)cc2)c2c1CCC2)C(=O)NC(N)=O. The summed E-state index contributed by atoms with van der Waals surface area (Å²) < 4.78 is 20.2. The van der Waals surface area contributed by atoms with Crippen LogP contribution in [0.2, 0.25) is 0 Å². The fourth-order valence-corrected chi connectivity index (χ4v) is 3.25. The number of nitrogens with zero attached hydrogens (tertiary/aromatic N) is 2. The number of esters is 1. The van der Waals surface area contributed by atoms with E-state index < -0.39 is 24.0 Å². The van der Waals surface area contributed by atoms with Crippen LogP contribution >= 0.6 is 0 Å². The number of hydrogen-bond acceptors (Lipinski definition) is 5. The molecule has 148 valence electrons. The Morgan fingerprint density at radius 3 is 2.50 bits per heavy atom. The molecule has 0 saturated heterocycles. The summed E-state index contributed by atoms with van der Waals surface area (Å²) >= 11 is 0. The Morgan fingerprint density at radius 1 is 1.21 bits per heavy atom. The van der Waals surface area contributed by atoms with Crippen molar-refractivity contribution < 1.29 is 23.5 Å². The molecule has 0 spiro atoms. The van der Waals surface area contributed by atoms with Crippen molar-refractivity contribution in [3.05, 3.63) is 47.0 Å². The third-order valence-electron chi connectivity index (χ3n) is 4.54. The number of amides is 3. The third kappa shape index (κ3) is 3.88. The number of imide groups is 1. The summed E-state index contributed by atoms with van der Waals surface area (Å²) in [4.78, 5) is 35.8. The van der Waals surface area contributed by atoms with Gasteiger partial charge in [-0.3, -0.25) is 10.1 Å². The summed E-state index contributed by atoms with van der Waals surface area (Å²) in [7, 11) is 0. The second-order valence-electron chi connectivity index (χ2n) is 6.94. The van der Waals surface area contributed by atoms with Crippen LogP contribution in [-0.4, -0.2) is 33.8 Å². The first-order chi connectivity index (χ1) is 13.3. The van der Waals surface area contributed by atoms with Gasteiger partial charge in [0.1, 0.15) is 5.82 Å². The minimum atomic E-state index is -1.19. The number of primary amides is 1. The lowest BCUT2D eigenvalue weighted by molar-refractivity contribution is -0.130. The van der Waals surface area contributed by atoms with Crippen LogP contribution in [0.3, 0.4) is 0 Å². The van der Waals surface area contributed by atoms with Gasteiger partial charge in [0.2, 0.25) is 0 Å². The minimum absolute atomic E-state index is 0.120. The monoisotopic (exact) mass is 388 g/mol. The van der Waals surface area contributed by atoms with Crippen LogP contribution < -0.4 is 11.1 Å². The topological polar surface area (TPSA) is 116 Å². The summed E-state index contributed by atoms with van der Waals surface area (Å²) in [5, 5.41) is 6.29. The molecule has 2 aromatic rings. The number of nitrogens with one attached hydrogen (secondary N) is 1. The average Bonchev–Trinajstić information content (AvgIpc) is 3.21. The van der Waals surface area contributed by atoms with Crippen LogP contribution in [-0.2, 0) is 22.4 Å². The van der Waals surface area contributed by atoms with E-state index in [0.717, 1.165) is 24.1 Å². The molecule has 3 N–H and O–H groups in total. The fourth-order valence-electron chi connectivity index (χ4n) is 3.25. The fraction of sp³-hybridized carbons (Fsp3) is 0.368. The van der Waals surface area contributed by atoms with E-state index in [2.05, 4.69) is 5.10 Å². The van der Waals surface area contributed by atoms with Gasteiger partial charge in [0.15, 0.2) is 11.8 Å². The van der Waals surface area contributed by atoms with Crippen LogP contribution in [0.25, 0.3) is 5.69 Å². The Balaban J connectivity index is 1.90. The Hall–Kier alpha value is -3.23. The van der Waals surface area contributed by atoms with E-state index >= 15 is 0 Å². The number of carbonyl (C=O) groups is 3. The number of carbonyl (C=O) groups excluding carboxylic acids is 3. The normalized spacial score (nSPS) is 13.9. The first kappa shape index (κ1) is 19.5. The van der Waals surface area contributed by atoms with Crippen molar-refractivity contribution in [1.82, 2.24) is 15.1 Å². The van der Waals surface area contributed by atoms with E-state index in [9.17, 15) is 18.8 Å². The molecule has 8 nitrogen and oxygen atoms in total. The highest BCUT2D eigenvalue weighted by Gasteiger charge is 2.32. The average molecular weight is 388 g/mol. The molecule has 0 aliphatic heterocycles. The van der Waals surface area contributed by atoms with E-state index in [0.29, 0.717) is 12.1 Å². The van der Waals surface area contributed by atoms with Crippen molar-refractivity contribution >= 4 is 17.9 Å². The zero-order chi connectivity index (χ0) is 20.4. The number of fused-ring (bicyclic) bond motifs is 1. The third-order valence-corrected chi connectivity index (χ3v) is 4.54. The number of urea groups is 1. The van der Waals surface area contributed by atoms with Gasteiger partial charge in [-0.25, -0.2) is 18.7 Å². The molecule has 0 saturated carbocycles. The summed E-state index contributed by atoms with van der Waals surface area (Å²) in [6.07, 6.45) is 1.04. The molecule has 1 aliphatic rings. The van der Waals surface area contributed by atoms with E-state index in [1.54, 1.807) is 30.7 Å². The van der Waals surface area contributed by atoms with Crippen molar-refractivity contribution in [1.29, 1.82) is 0 Å². The van der Waals surface area contributed by atoms with Gasteiger partial charge in [-0.05, 0) is 49.4 Å². The number of hydrogen-bond donors (Lipinski definition) is 2. The molecule has 3 amide bonds. The first-order valence-corrected chi connectivity index (χ1v) is 8.96. The molecule has 0 bridgehead atoms. The van der Waals surface area contributed by atoms with Crippen LogP contribution in [0, 0.1) is 11.7 Å². The lowest BCUT2D eigenvalue weighted by Crippen LogP contribution is -2.45. The van der Waals surface area contributed by atoms with Gasteiger partial charge in [-0.1, -0.05) is 13.8 Å². The van der Waals surface area contributed by atoms with E-state index in [1.165, 1.54) is 12.1 Å². The van der Waals surface area contributed by atoms with Gasteiger partial charge >= 0.3 is 12.0 Å². The van der Waals surface area contributed by atoms with E-state index in [1.807, 2.05) is 5.32 Å². The van der Waals surface area contributed by atoms with Crippen LogP contribution in [0.4, 0.5) is 9.18 Å². The highest BCUT2D eigenvalue weighted by Crippen LogP contribution is 2.28. The minimum Gasteiger partial charge on any atom is -0.447 e. The Bertz CT molecular complexity index is 921. The molecule has 0 fully saturated rings. The van der Waals surface area contributed by atoms with Gasteiger partial charge in [-0.2, -0.15) is 5.10 Å². The van der Waals surface area contributed by atoms with Gasteiger partial charge in [0.05, 0.1) is 5.69 Å². The molecule has 1 aliphatic carbocycles. The maximum absolute atomic E-state index is 13.2. The predicted molar refractivity (Wildman–Crippen MR) is 97.3 cm³/mol. The van der Waals surface area contributed by atoms with E-state index in [4.69, 9.17) is 10.5 Å². The summed E-state index contributed by atoms with van der Waals surface area (Å²) in [6.45, 7) is 3.36. The van der Waals surface area contributed by atoms with Crippen molar-refractivity contribution in [3.8, 4) is 5.69 Å². The highest BCUT2D eigenvalue weighted by atomic mass is 19.1. The van der Waals surface area contributed by atoms with Crippen molar-refractivity contribution in [2.45, 2.75) is 39.2 Å². The smallest absolute Gasteiger partial charge is 0.359 e. The Kier molecular flexibility index (Phi) is 5.43. The standard InChI is InChI=1S/C19H21FN4O4/c1-10(2)16(17(25)22-19(21)27)28-18(26)15-13-4-3-5-14(13)24(23-15)12-8-6-11(20)7-9-12/h6-10,16H,3-5H2,1-2H3,(H3,21,22,25,27)/t16-/m1/s1. The molecule has 1 aromatic heterocycles. The first-order valence-electron chi connectivity index (χ1n) is 8.96. The summed E-state index contributed by atoms with van der Waals surface area (Å²) in [5.41, 5.74) is 7.34. The second kappa shape index (κ2) is 7.79. The quantitative estimate of drug-likeness (QED) is 0.759. The lowest BCUT2D eigenvalue weighted by Gasteiger charge is -2.19. The van der Waals surface area contributed by atoms with Gasteiger partial charge in [0, 0.05) is 11.3 Å². The number of nitrogens with two attached hydrogens (primary N) is 1. The van der Waals surface area contributed by atoms with Crippen molar-refractivity contribution in [3.63, 3.8) is 0 Å². The maximum atomic E-state index is 13.2. The Labute approximate surface area is 160 Å². The lowest BCUT2D eigenvalue weighted by atomic mass is 10.1. The molecular weight excluding hydrogens is 367 g/mol. The molecule has 0 unspecified atom stereocenters. The molecular formula is C19H21FN4O4. The predicted octanol–water partition coefficient (Wildman–Crippen LogP) is 1.88. The highest BCUT2D eigenvalue weighted by molar-refractivity contribution is 5.98. The van der Waals surface area contributed by atoms with Gasteiger partial charge < -0.3 is 10.5 Å². The molecule has 3 rings (SSSR count). The van der Waals surface area contributed by atoms with Crippen LogP contribution in [0.5, 0.6) is 0 Å². The van der Waals surface area contributed by atoms with E-state index in [-0.39, 0.29) is 17.4 Å². The summed E-state index contributed by atoms with van der Waals surface area (Å²) in [6, 6.07) is 4.77. The zero-order valence-corrected chi connectivity index (χ0v) is 15.6. The molecule has 0 radical (unpaired) electrons. The van der Waals surface area contributed by atoms with Crippen molar-refractivity contribution in [2.24, 2.45) is 11.7 Å². The number of benzene rings is 1. The van der Waals surface area contributed by atoms with Crippen molar-refractivity contribution in [2.75, 3.05) is 0 Å². The molecule has 1 heterocycles. The zero-order valence-electron chi connectivity index (χ0n) is 15.6. The maximum Gasteiger partial charge on any atom is 0.359 e. The molecule has 1 atom stereocenters. The molecule has 9 heteroatoms. The number of aromatic nitrogens is 2. The molecule has 28 heavy (non-hydrogen) atoms. The Morgan fingerprint density at radius 2 is 1.89 bits per heavy atom. The van der Waals surface area contributed by atoms with Gasteiger partial charge in [0.25, 0.3) is 5.91 Å². The summed E-state index contributed by atoms with van der Waals surface area (Å²) in [5.74, 6) is -2.29. The number of halogens is 1. The van der Waals surface area contributed by atoms with Crippen LogP contribution in [0.15, 0.2) is 24.3 Å². The number of rotatable bonds is 5.